The van der Waals surface area contributed by atoms with Crippen LogP contribution in [0.2, 0.25) is 0 Å². The van der Waals surface area contributed by atoms with Crippen LogP contribution in [0.25, 0.3) is 0 Å². The Balaban J connectivity index is 2.35. The third kappa shape index (κ3) is 2.99. The molecule has 0 aliphatic rings. The summed E-state index contributed by atoms with van der Waals surface area (Å²) < 4.78 is 6.28. The van der Waals surface area contributed by atoms with Crippen molar-refractivity contribution in [2.75, 3.05) is 7.11 Å². The number of ether oxygens (including phenoxy) is 1. The number of aliphatic hydroxyl groups excluding tert-OH is 1. The van der Waals surface area contributed by atoms with E-state index in [1.807, 2.05) is 50.2 Å². The monoisotopic (exact) mass is 320 g/mol. The molecule has 0 bridgehead atoms. The van der Waals surface area contributed by atoms with Gasteiger partial charge in [0.2, 0.25) is 0 Å². The van der Waals surface area contributed by atoms with Gasteiger partial charge in [-0.25, -0.2) is 0 Å². The molecule has 2 aromatic carbocycles. The molecule has 1 N–H and O–H groups in total. The summed E-state index contributed by atoms with van der Waals surface area (Å²) in [6.07, 6.45) is -0.614. The number of rotatable bonds is 3. The van der Waals surface area contributed by atoms with Crippen LogP contribution in [-0.2, 0) is 0 Å². The molecule has 19 heavy (non-hydrogen) atoms. The Morgan fingerprint density at radius 1 is 1.00 bits per heavy atom. The second-order valence-corrected chi connectivity index (χ2v) is 5.49. The van der Waals surface area contributed by atoms with Crippen molar-refractivity contribution in [3.8, 4) is 5.75 Å². The molecule has 2 rings (SSSR count). The number of aliphatic hydroxyl groups is 1. The maximum atomic E-state index is 10.4. The van der Waals surface area contributed by atoms with Gasteiger partial charge in [-0.2, -0.15) is 0 Å². The van der Waals surface area contributed by atoms with Gasteiger partial charge in [0.15, 0.2) is 0 Å². The zero-order valence-corrected chi connectivity index (χ0v) is 12.9. The van der Waals surface area contributed by atoms with Gasteiger partial charge >= 0.3 is 0 Å². The minimum absolute atomic E-state index is 0.614. The van der Waals surface area contributed by atoms with Crippen LogP contribution in [0.4, 0.5) is 0 Å². The summed E-state index contributed by atoms with van der Waals surface area (Å²) in [5, 5.41) is 10.4. The zero-order valence-electron chi connectivity index (χ0n) is 11.3. The van der Waals surface area contributed by atoms with E-state index in [4.69, 9.17) is 4.74 Å². The molecule has 0 saturated heterocycles. The minimum atomic E-state index is -0.614. The van der Waals surface area contributed by atoms with Crippen LogP contribution in [0, 0.1) is 13.8 Å². The van der Waals surface area contributed by atoms with E-state index in [1.165, 1.54) is 0 Å². The molecular weight excluding hydrogens is 304 g/mol. The Labute approximate surface area is 122 Å². The van der Waals surface area contributed by atoms with Gasteiger partial charge < -0.3 is 9.84 Å². The second kappa shape index (κ2) is 5.76. The summed E-state index contributed by atoms with van der Waals surface area (Å²) in [6, 6.07) is 11.6. The number of methoxy groups -OCH3 is 1. The van der Waals surface area contributed by atoms with Crippen LogP contribution < -0.4 is 4.74 Å². The molecule has 0 spiro atoms. The number of halogens is 1. The largest absolute Gasteiger partial charge is 0.496 e. The molecule has 1 atom stereocenters. The molecule has 0 amide bonds. The molecular formula is C16H17BrO2. The Bertz CT molecular complexity index is 593. The fourth-order valence-electron chi connectivity index (χ4n) is 2.10. The van der Waals surface area contributed by atoms with Crippen molar-refractivity contribution in [1.82, 2.24) is 0 Å². The van der Waals surface area contributed by atoms with Crippen molar-refractivity contribution < 1.29 is 9.84 Å². The molecule has 3 heteroatoms. The van der Waals surface area contributed by atoms with Gasteiger partial charge in [0.25, 0.3) is 0 Å². The van der Waals surface area contributed by atoms with Crippen LogP contribution in [0.5, 0.6) is 5.75 Å². The van der Waals surface area contributed by atoms with E-state index in [0.29, 0.717) is 0 Å². The molecule has 1 unspecified atom stereocenters. The van der Waals surface area contributed by atoms with Crippen molar-refractivity contribution in [2.24, 2.45) is 0 Å². The highest BCUT2D eigenvalue weighted by atomic mass is 79.9. The first kappa shape index (κ1) is 14.1. The van der Waals surface area contributed by atoms with Crippen LogP contribution >= 0.6 is 15.9 Å². The van der Waals surface area contributed by atoms with E-state index in [2.05, 4.69) is 15.9 Å². The van der Waals surface area contributed by atoms with Crippen LogP contribution in [0.15, 0.2) is 40.9 Å². The quantitative estimate of drug-likeness (QED) is 0.920. The molecule has 0 radical (unpaired) electrons. The Morgan fingerprint density at radius 2 is 1.58 bits per heavy atom. The SMILES string of the molecule is COc1ccc(C(O)c2ccc(Br)c(C)c2)cc1C. The standard InChI is InChI=1S/C16H17BrO2/c1-10-8-12(4-6-14(10)17)16(18)13-5-7-15(19-3)11(2)9-13/h4-9,16,18H,1-3H3. The van der Waals surface area contributed by atoms with Gasteiger partial charge in [0.05, 0.1) is 7.11 Å². The van der Waals surface area contributed by atoms with Crippen molar-refractivity contribution >= 4 is 15.9 Å². The first-order chi connectivity index (χ1) is 9.02. The van der Waals surface area contributed by atoms with Gasteiger partial charge in [0, 0.05) is 4.47 Å². The van der Waals surface area contributed by atoms with E-state index >= 15 is 0 Å². The fourth-order valence-corrected chi connectivity index (χ4v) is 2.35. The maximum absolute atomic E-state index is 10.4. The number of hydrogen-bond acceptors (Lipinski definition) is 2. The van der Waals surface area contributed by atoms with E-state index < -0.39 is 6.10 Å². The molecule has 0 fully saturated rings. The first-order valence-corrected chi connectivity index (χ1v) is 6.91. The Kier molecular flexibility index (Phi) is 4.27. The summed E-state index contributed by atoms with van der Waals surface area (Å²) in [5.74, 6) is 0.836. The van der Waals surface area contributed by atoms with Crippen molar-refractivity contribution in [3.63, 3.8) is 0 Å². The van der Waals surface area contributed by atoms with Crippen LogP contribution in [0.1, 0.15) is 28.4 Å². The third-order valence-corrected chi connectivity index (χ3v) is 4.12. The van der Waals surface area contributed by atoms with Gasteiger partial charge in [-0.05, 0) is 54.3 Å². The number of benzene rings is 2. The van der Waals surface area contributed by atoms with E-state index in [0.717, 1.165) is 32.5 Å². The second-order valence-electron chi connectivity index (χ2n) is 4.64. The van der Waals surface area contributed by atoms with Crippen LogP contribution in [-0.4, -0.2) is 12.2 Å². The average Bonchev–Trinajstić information content (AvgIpc) is 2.41. The fraction of sp³-hybridized carbons (Fsp3) is 0.250. The Hall–Kier alpha value is -1.32. The zero-order chi connectivity index (χ0) is 14.0. The summed E-state index contributed by atoms with van der Waals surface area (Å²) in [5.41, 5.74) is 3.90. The van der Waals surface area contributed by atoms with E-state index in [1.54, 1.807) is 7.11 Å². The minimum Gasteiger partial charge on any atom is -0.496 e. The summed E-state index contributed by atoms with van der Waals surface area (Å²) in [4.78, 5) is 0. The summed E-state index contributed by atoms with van der Waals surface area (Å²) in [7, 11) is 1.65. The van der Waals surface area contributed by atoms with Crippen LogP contribution in [0.3, 0.4) is 0 Å². The normalized spacial score (nSPS) is 12.3. The first-order valence-electron chi connectivity index (χ1n) is 6.11. The lowest BCUT2D eigenvalue weighted by Gasteiger charge is -2.14. The lowest BCUT2D eigenvalue weighted by atomic mass is 9.98. The van der Waals surface area contributed by atoms with Gasteiger partial charge in [0.1, 0.15) is 11.9 Å². The molecule has 2 nitrogen and oxygen atoms in total. The predicted octanol–water partition coefficient (Wildman–Crippen LogP) is 4.16. The molecule has 2 aromatic rings. The summed E-state index contributed by atoms with van der Waals surface area (Å²) >= 11 is 3.47. The highest BCUT2D eigenvalue weighted by Gasteiger charge is 2.12. The van der Waals surface area contributed by atoms with Crippen molar-refractivity contribution in [1.29, 1.82) is 0 Å². The molecule has 0 aromatic heterocycles. The average molecular weight is 321 g/mol. The number of hydrogen-bond donors (Lipinski definition) is 1. The molecule has 0 heterocycles. The van der Waals surface area contributed by atoms with Crippen molar-refractivity contribution in [2.45, 2.75) is 20.0 Å². The molecule has 100 valence electrons. The summed E-state index contributed by atoms with van der Waals surface area (Å²) in [6.45, 7) is 3.99. The molecule has 0 aliphatic heterocycles. The maximum Gasteiger partial charge on any atom is 0.121 e. The van der Waals surface area contributed by atoms with E-state index in [-0.39, 0.29) is 0 Å². The lowest BCUT2D eigenvalue weighted by molar-refractivity contribution is 0.220. The topological polar surface area (TPSA) is 29.5 Å². The van der Waals surface area contributed by atoms with Crippen molar-refractivity contribution in [3.05, 3.63) is 63.1 Å². The third-order valence-electron chi connectivity index (χ3n) is 3.23. The Morgan fingerprint density at radius 3 is 2.11 bits per heavy atom. The van der Waals surface area contributed by atoms with Gasteiger partial charge in [-0.3, -0.25) is 0 Å². The number of aryl methyl sites for hydroxylation is 2. The van der Waals surface area contributed by atoms with Gasteiger partial charge in [-0.15, -0.1) is 0 Å². The van der Waals surface area contributed by atoms with E-state index in [9.17, 15) is 5.11 Å². The lowest BCUT2D eigenvalue weighted by Crippen LogP contribution is -2.01. The highest BCUT2D eigenvalue weighted by Crippen LogP contribution is 2.28. The predicted molar refractivity (Wildman–Crippen MR) is 80.7 cm³/mol. The smallest absolute Gasteiger partial charge is 0.121 e. The highest BCUT2D eigenvalue weighted by molar-refractivity contribution is 9.10. The molecule has 0 aliphatic carbocycles. The van der Waals surface area contributed by atoms with Gasteiger partial charge in [-0.1, -0.05) is 34.1 Å². The molecule has 0 saturated carbocycles.